The Bertz CT molecular complexity index is 597. The van der Waals surface area contributed by atoms with Crippen molar-refractivity contribution in [3.05, 3.63) is 35.6 Å². The van der Waals surface area contributed by atoms with Gasteiger partial charge < -0.3 is 5.11 Å². The Kier molecular flexibility index (Phi) is 8.29. The third kappa shape index (κ3) is 6.00. The number of aliphatic hydroxyl groups excluding tert-OH is 1. The predicted molar refractivity (Wildman–Crippen MR) is 99.9 cm³/mol. The minimum Gasteiger partial charge on any atom is -0.392 e. The quantitative estimate of drug-likeness (QED) is 0.582. The fraction of sp³-hybridized carbons (Fsp3) is 0.500. The molecule has 0 amide bonds. The van der Waals surface area contributed by atoms with E-state index in [1.165, 1.54) is 0 Å². The van der Waals surface area contributed by atoms with Gasteiger partial charge in [-0.15, -0.1) is 0 Å². The average Bonchev–Trinajstić information content (AvgIpc) is 2.61. The molecule has 0 saturated heterocycles. The van der Waals surface area contributed by atoms with Crippen molar-refractivity contribution < 1.29 is 5.11 Å². The van der Waals surface area contributed by atoms with Crippen molar-refractivity contribution in [2.75, 3.05) is 13.2 Å². The summed E-state index contributed by atoms with van der Waals surface area (Å²) in [5.41, 5.74) is 2.40. The highest BCUT2D eigenvalue weighted by atomic mass is 16.3. The first-order valence-electron chi connectivity index (χ1n) is 8.33. The second kappa shape index (κ2) is 9.97. The SMILES string of the molecule is C/C=N/C1=C/C(C)(C(/C=C\CC)=N/CC)C#C/C=C(/CO)CC1. The molecule has 1 unspecified atom stereocenters. The molecular weight excluding hydrogens is 284 g/mol. The van der Waals surface area contributed by atoms with Gasteiger partial charge in [0, 0.05) is 18.5 Å². The molecule has 0 aliphatic heterocycles. The maximum Gasteiger partial charge on any atom is 0.0904 e. The van der Waals surface area contributed by atoms with Gasteiger partial charge in [-0.2, -0.15) is 0 Å². The Balaban J connectivity index is 3.42. The van der Waals surface area contributed by atoms with Gasteiger partial charge in [-0.1, -0.05) is 24.8 Å². The molecule has 0 bridgehead atoms. The molecule has 1 aliphatic rings. The van der Waals surface area contributed by atoms with Gasteiger partial charge >= 0.3 is 0 Å². The lowest BCUT2D eigenvalue weighted by Crippen LogP contribution is -2.23. The molecular formula is C20H28N2O. The molecule has 3 nitrogen and oxygen atoms in total. The second-order valence-corrected chi connectivity index (χ2v) is 5.63. The number of aliphatic hydroxyl groups is 1. The molecule has 0 aromatic carbocycles. The highest BCUT2D eigenvalue weighted by Crippen LogP contribution is 2.27. The van der Waals surface area contributed by atoms with Crippen LogP contribution < -0.4 is 0 Å². The van der Waals surface area contributed by atoms with Gasteiger partial charge in [-0.25, -0.2) is 0 Å². The first kappa shape index (κ1) is 19.1. The van der Waals surface area contributed by atoms with Gasteiger partial charge in [0.05, 0.1) is 17.7 Å². The van der Waals surface area contributed by atoms with Crippen LogP contribution >= 0.6 is 0 Å². The summed E-state index contributed by atoms with van der Waals surface area (Å²) in [6.45, 7) is 8.90. The van der Waals surface area contributed by atoms with E-state index in [1.54, 1.807) is 6.21 Å². The standard InChI is InChI=1S/C20H28N2O/c1-5-8-11-19(22-7-3)20(4)14-9-10-17(16-23)12-13-18(15-20)21-6-2/h6,8,10-11,15,23H,5,7,12-13,16H2,1-4H3/b11-8-,17-10+,18-15+,21-6+,22-19+. The van der Waals surface area contributed by atoms with Crippen LogP contribution in [0.1, 0.15) is 47.0 Å². The molecule has 1 N–H and O–H groups in total. The summed E-state index contributed by atoms with van der Waals surface area (Å²) in [7, 11) is 0. The lowest BCUT2D eigenvalue weighted by molar-refractivity contribution is 0.326. The van der Waals surface area contributed by atoms with E-state index in [-0.39, 0.29) is 6.61 Å². The van der Waals surface area contributed by atoms with E-state index >= 15 is 0 Å². The van der Waals surface area contributed by atoms with Crippen LogP contribution in [0, 0.1) is 17.3 Å². The van der Waals surface area contributed by atoms with Crippen LogP contribution in [0.5, 0.6) is 0 Å². The summed E-state index contributed by atoms with van der Waals surface area (Å²) in [4.78, 5) is 9.15. The smallest absolute Gasteiger partial charge is 0.0904 e. The van der Waals surface area contributed by atoms with Crippen LogP contribution in [0.4, 0.5) is 0 Å². The third-order valence-electron chi connectivity index (χ3n) is 3.64. The number of aliphatic imine (C=N–C) groups is 2. The number of hydrogen-bond acceptors (Lipinski definition) is 3. The second-order valence-electron chi connectivity index (χ2n) is 5.63. The van der Waals surface area contributed by atoms with E-state index < -0.39 is 5.41 Å². The zero-order valence-corrected chi connectivity index (χ0v) is 14.8. The molecule has 3 heteroatoms. The third-order valence-corrected chi connectivity index (χ3v) is 3.64. The first-order chi connectivity index (χ1) is 11.1. The van der Waals surface area contributed by atoms with Gasteiger partial charge in [-0.05, 0) is 63.8 Å². The lowest BCUT2D eigenvalue weighted by Gasteiger charge is -2.21. The maximum absolute atomic E-state index is 9.43. The van der Waals surface area contributed by atoms with E-state index in [4.69, 9.17) is 0 Å². The Morgan fingerprint density at radius 3 is 2.78 bits per heavy atom. The molecule has 0 spiro atoms. The van der Waals surface area contributed by atoms with Crippen molar-refractivity contribution in [2.45, 2.75) is 47.0 Å². The molecule has 0 saturated carbocycles. The number of hydrogen-bond donors (Lipinski definition) is 1. The Morgan fingerprint density at radius 2 is 2.17 bits per heavy atom. The molecule has 0 aromatic heterocycles. The topological polar surface area (TPSA) is 45.0 Å². The van der Waals surface area contributed by atoms with Crippen molar-refractivity contribution in [1.29, 1.82) is 0 Å². The minimum absolute atomic E-state index is 0.0418. The van der Waals surface area contributed by atoms with Crippen LogP contribution in [0.3, 0.4) is 0 Å². The van der Waals surface area contributed by atoms with Gasteiger partial charge in [0.25, 0.3) is 0 Å². The van der Waals surface area contributed by atoms with Crippen LogP contribution in [0.25, 0.3) is 0 Å². The van der Waals surface area contributed by atoms with Gasteiger partial charge in [-0.3, -0.25) is 9.98 Å². The lowest BCUT2D eigenvalue weighted by atomic mass is 9.83. The van der Waals surface area contributed by atoms with E-state index in [2.05, 4.69) is 53.9 Å². The molecule has 0 fully saturated rings. The van der Waals surface area contributed by atoms with Gasteiger partial charge in [0.15, 0.2) is 0 Å². The number of rotatable bonds is 6. The molecule has 1 atom stereocenters. The van der Waals surface area contributed by atoms with Gasteiger partial charge in [0.1, 0.15) is 0 Å². The molecule has 1 rings (SSSR count). The summed E-state index contributed by atoms with van der Waals surface area (Å²) < 4.78 is 0. The summed E-state index contributed by atoms with van der Waals surface area (Å²) in [6, 6.07) is 0. The molecule has 0 radical (unpaired) electrons. The normalized spacial score (nSPS) is 27.4. The summed E-state index contributed by atoms with van der Waals surface area (Å²) >= 11 is 0. The van der Waals surface area contributed by atoms with E-state index in [1.807, 2.05) is 19.9 Å². The van der Waals surface area contributed by atoms with Crippen molar-refractivity contribution in [3.8, 4) is 11.8 Å². The van der Waals surface area contributed by atoms with Crippen LogP contribution in [-0.2, 0) is 0 Å². The fourth-order valence-electron chi connectivity index (χ4n) is 2.41. The van der Waals surface area contributed by atoms with Crippen LogP contribution in [0.2, 0.25) is 0 Å². The zero-order chi connectivity index (χ0) is 17.1. The summed E-state index contributed by atoms with van der Waals surface area (Å²) in [6.07, 6.45) is 12.4. The van der Waals surface area contributed by atoms with E-state index in [0.29, 0.717) is 0 Å². The molecule has 23 heavy (non-hydrogen) atoms. The largest absolute Gasteiger partial charge is 0.392 e. The fourth-order valence-corrected chi connectivity index (χ4v) is 2.41. The Labute approximate surface area is 140 Å². The van der Waals surface area contributed by atoms with Crippen molar-refractivity contribution in [2.24, 2.45) is 15.4 Å². The van der Waals surface area contributed by atoms with Crippen LogP contribution in [0.15, 0.2) is 45.6 Å². The number of allylic oxidation sites excluding steroid dienone is 5. The zero-order valence-electron chi connectivity index (χ0n) is 14.8. The monoisotopic (exact) mass is 312 g/mol. The Morgan fingerprint density at radius 1 is 1.39 bits per heavy atom. The molecule has 1 aliphatic carbocycles. The van der Waals surface area contributed by atoms with Crippen molar-refractivity contribution in [1.82, 2.24) is 0 Å². The van der Waals surface area contributed by atoms with Crippen LogP contribution in [-0.4, -0.2) is 30.2 Å². The first-order valence-corrected chi connectivity index (χ1v) is 8.33. The van der Waals surface area contributed by atoms with Gasteiger partial charge in [0.2, 0.25) is 0 Å². The Hall–Kier alpha value is -1.92. The summed E-state index contributed by atoms with van der Waals surface area (Å²) in [5.74, 6) is 6.43. The maximum atomic E-state index is 9.43. The molecule has 124 valence electrons. The van der Waals surface area contributed by atoms with Crippen molar-refractivity contribution >= 4 is 11.9 Å². The highest BCUT2D eigenvalue weighted by Gasteiger charge is 2.25. The summed E-state index contributed by atoms with van der Waals surface area (Å²) in [5, 5.41) is 9.43. The number of nitrogens with zero attached hydrogens (tertiary/aromatic N) is 2. The molecule has 0 aromatic rings. The average molecular weight is 312 g/mol. The predicted octanol–water partition coefficient (Wildman–Crippen LogP) is 4.11. The molecule has 0 heterocycles. The van der Waals surface area contributed by atoms with E-state index in [9.17, 15) is 5.11 Å². The highest BCUT2D eigenvalue weighted by molar-refractivity contribution is 6.03. The van der Waals surface area contributed by atoms with Crippen molar-refractivity contribution in [3.63, 3.8) is 0 Å². The minimum atomic E-state index is -0.481. The van der Waals surface area contributed by atoms with E-state index in [0.717, 1.165) is 42.8 Å².